The first kappa shape index (κ1) is 12.2. The second-order valence-corrected chi connectivity index (χ2v) is 5.34. The Morgan fingerprint density at radius 3 is 2.89 bits per heavy atom. The second kappa shape index (κ2) is 4.66. The van der Waals surface area contributed by atoms with Gasteiger partial charge in [0.1, 0.15) is 5.69 Å². The van der Waals surface area contributed by atoms with Gasteiger partial charge >= 0.3 is 0 Å². The normalized spacial score (nSPS) is 13.4. The van der Waals surface area contributed by atoms with Crippen molar-refractivity contribution in [3.63, 3.8) is 0 Å². The largest absolute Gasteiger partial charge is 0.397 e. The molecule has 0 unspecified atom stereocenters. The van der Waals surface area contributed by atoms with Gasteiger partial charge in [-0.15, -0.1) is 0 Å². The van der Waals surface area contributed by atoms with Crippen molar-refractivity contribution in [3.8, 4) is 0 Å². The van der Waals surface area contributed by atoms with Crippen LogP contribution in [0.5, 0.6) is 0 Å². The Morgan fingerprint density at radius 2 is 2.16 bits per heavy atom. The average molecular weight is 318 g/mol. The molecule has 19 heavy (non-hydrogen) atoms. The van der Waals surface area contributed by atoms with Gasteiger partial charge in [0.05, 0.1) is 11.4 Å². The molecule has 4 nitrogen and oxygen atoms in total. The summed E-state index contributed by atoms with van der Waals surface area (Å²) in [5.74, 6) is -0.107. The maximum Gasteiger partial charge on any atom is 0.276 e. The molecule has 0 aliphatic carbocycles. The summed E-state index contributed by atoms with van der Waals surface area (Å²) in [5.41, 5.74) is 9.00. The fourth-order valence-electron chi connectivity index (χ4n) is 2.33. The third kappa shape index (κ3) is 2.10. The number of nitrogens with zero attached hydrogens (tertiary/aromatic N) is 2. The molecule has 2 N–H and O–H groups in total. The molecule has 1 amide bonds. The summed E-state index contributed by atoms with van der Waals surface area (Å²) in [6.07, 6.45) is 2.46. The van der Waals surface area contributed by atoms with Crippen molar-refractivity contribution in [2.24, 2.45) is 0 Å². The molecule has 0 spiro atoms. The van der Waals surface area contributed by atoms with Crippen molar-refractivity contribution in [1.82, 2.24) is 4.98 Å². The number of benzene rings is 1. The first-order chi connectivity index (χ1) is 9.16. The number of amides is 1. The lowest BCUT2D eigenvalue weighted by Crippen LogP contribution is -2.30. The van der Waals surface area contributed by atoms with Gasteiger partial charge < -0.3 is 10.6 Å². The molecular weight excluding hydrogens is 306 g/mol. The zero-order valence-electron chi connectivity index (χ0n) is 10.1. The molecule has 0 fully saturated rings. The van der Waals surface area contributed by atoms with Crippen LogP contribution in [-0.4, -0.2) is 17.4 Å². The van der Waals surface area contributed by atoms with Crippen LogP contribution in [0.2, 0.25) is 0 Å². The van der Waals surface area contributed by atoms with Crippen molar-refractivity contribution in [2.45, 2.75) is 6.42 Å². The van der Waals surface area contributed by atoms with Crippen molar-refractivity contribution < 1.29 is 4.79 Å². The molecule has 3 rings (SSSR count). The smallest absolute Gasteiger partial charge is 0.276 e. The van der Waals surface area contributed by atoms with Crippen LogP contribution < -0.4 is 10.6 Å². The number of hydrogen-bond acceptors (Lipinski definition) is 3. The quantitative estimate of drug-likeness (QED) is 0.822. The Hall–Kier alpha value is -1.88. The summed E-state index contributed by atoms with van der Waals surface area (Å²) in [5, 5.41) is 0. The van der Waals surface area contributed by atoms with E-state index in [0.717, 1.165) is 22.1 Å². The minimum absolute atomic E-state index is 0.107. The van der Waals surface area contributed by atoms with E-state index in [0.29, 0.717) is 17.9 Å². The zero-order valence-corrected chi connectivity index (χ0v) is 11.7. The van der Waals surface area contributed by atoms with E-state index >= 15 is 0 Å². The van der Waals surface area contributed by atoms with Crippen LogP contribution in [-0.2, 0) is 6.42 Å². The van der Waals surface area contributed by atoms with Crippen molar-refractivity contribution in [1.29, 1.82) is 0 Å². The molecule has 0 bridgehead atoms. The highest BCUT2D eigenvalue weighted by atomic mass is 79.9. The Balaban J connectivity index is 1.98. The molecule has 1 aromatic heterocycles. The van der Waals surface area contributed by atoms with E-state index < -0.39 is 0 Å². The van der Waals surface area contributed by atoms with E-state index in [9.17, 15) is 4.79 Å². The molecule has 1 aliphatic rings. The number of pyridine rings is 1. The molecule has 96 valence electrons. The summed E-state index contributed by atoms with van der Waals surface area (Å²) in [7, 11) is 0. The van der Waals surface area contributed by atoms with Crippen LogP contribution in [0.4, 0.5) is 11.4 Å². The molecule has 0 atom stereocenters. The number of para-hydroxylation sites is 1. The summed E-state index contributed by atoms with van der Waals surface area (Å²) >= 11 is 3.31. The van der Waals surface area contributed by atoms with Crippen LogP contribution in [0.15, 0.2) is 41.0 Å². The fraction of sp³-hybridized carbons (Fsp3) is 0.143. The van der Waals surface area contributed by atoms with E-state index in [1.807, 2.05) is 24.3 Å². The molecule has 1 aromatic carbocycles. The van der Waals surface area contributed by atoms with Crippen LogP contribution in [0, 0.1) is 0 Å². The Kier molecular flexibility index (Phi) is 2.98. The van der Waals surface area contributed by atoms with Gasteiger partial charge in [0.2, 0.25) is 0 Å². The average Bonchev–Trinajstić information content (AvgIpc) is 2.84. The summed E-state index contributed by atoms with van der Waals surface area (Å²) in [6.45, 7) is 0.653. The van der Waals surface area contributed by atoms with Crippen LogP contribution in [0.3, 0.4) is 0 Å². The van der Waals surface area contributed by atoms with E-state index in [1.54, 1.807) is 17.2 Å². The summed E-state index contributed by atoms with van der Waals surface area (Å²) < 4.78 is 0.852. The van der Waals surface area contributed by atoms with Crippen LogP contribution in [0.25, 0.3) is 0 Å². The number of carbonyl (C=O) groups excluding carboxylic acids is 1. The number of nitrogens with two attached hydrogens (primary N) is 1. The number of fused-ring (bicyclic) bond motifs is 1. The number of aromatic nitrogens is 1. The molecule has 0 saturated heterocycles. The van der Waals surface area contributed by atoms with Gasteiger partial charge in [0.25, 0.3) is 5.91 Å². The number of rotatable bonds is 1. The van der Waals surface area contributed by atoms with Gasteiger partial charge in [-0.05, 0) is 46.1 Å². The predicted molar refractivity (Wildman–Crippen MR) is 78.2 cm³/mol. The molecule has 5 heteroatoms. The molecule has 0 radical (unpaired) electrons. The van der Waals surface area contributed by atoms with E-state index in [2.05, 4.69) is 20.9 Å². The lowest BCUT2D eigenvalue weighted by Gasteiger charge is -2.18. The molecular formula is C14H12BrN3O. The Bertz CT molecular complexity index is 640. The summed E-state index contributed by atoms with van der Waals surface area (Å²) in [4.78, 5) is 18.3. The van der Waals surface area contributed by atoms with Gasteiger partial charge in [-0.3, -0.25) is 4.79 Å². The second-order valence-electron chi connectivity index (χ2n) is 4.42. The molecule has 1 aliphatic heterocycles. The fourth-order valence-corrected chi connectivity index (χ4v) is 2.56. The third-order valence-corrected chi connectivity index (χ3v) is 3.69. The number of carbonyl (C=O) groups is 1. The van der Waals surface area contributed by atoms with Crippen LogP contribution in [0.1, 0.15) is 16.1 Å². The van der Waals surface area contributed by atoms with Crippen LogP contribution >= 0.6 is 15.9 Å². The zero-order chi connectivity index (χ0) is 13.4. The topological polar surface area (TPSA) is 59.2 Å². The highest BCUT2D eigenvalue weighted by Gasteiger charge is 2.27. The van der Waals surface area contributed by atoms with Gasteiger partial charge in [0.15, 0.2) is 0 Å². The molecule has 2 heterocycles. The van der Waals surface area contributed by atoms with Gasteiger partial charge in [-0.25, -0.2) is 4.98 Å². The van der Waals surface area contributed by atoms with Gasteiger partial charge in [0, 0.05) is 17.2 Å². The Morgan fingerprint density at radius 1 is 1.32 bits per heavy atom. The highest BCUT2D eigenvalue weighted by molar-refractivity contribution is 9.10. The third-order valence-electron chi connectivity index (χ3n) is 3.22. The van der Waals surface area contributed by atoms with Crippen molar-refractivity contribution in [2.75, 3.05) is 17.2 Å². The monoisotopic (exact) mass is 317 g/mol. The van der Waals surface area contributed by atoms with Crippen molar-refractivity contribution in [3.05, 3.63) is 52.3 Å². The standard InChI is InChI=1S/C14H12BrN3O/c15-10-4-5-12(17-8-10)14(19)18-7-6-9-2-1-3-11(16)13(9)18/h1-5,8H,6-7,16H2. The maximum absolute atomic E-state index is 12.5. The van der Waals surface area contributed by atoms with E-state index in [4.69, 9.17) is 5.73 Å². The van der Waals surface area contributed by atoms with Gasteiger partial charge in [-0.2, -0.15) is 0 Å². The maximum atomic E-state index is 12.5. The van der Waals surface area contributed by atoms with E-state index in [1.165, 1.54) is 0 Å². The number of hydrogen-bond donors (Lipinski definition) is 1. The minimum Gasteiger partial charge on any atom is -0.397 e. The summed E-state index contributed by atoms with van der Waals surface area (Å²) in [6, 6.07) is 9.27. The molecule has 2 aromatic rings. The predicted octanol–water partition coefficient (Wildman–Crippen LogP) is 2.63. The first-order valence-corrected chi connectivity index (χ1v) is 6.77. The first-order valence-electron chi connectivity index (χ1n) is 5.97. The number of halogens is 1. The van der Waals surface area contributed by atoms with Gasteiger partial charge in [-0.1, -0.05) is 12.1 Å². The van der Waals surface area contributed by atoms with E-state index in [-0.39, 0.29) is 5.91 Å². The number of anilines is 2. The SMILES string of the molecule is Nc1cccc2c1N(C(=O)c1ccc(Br)cn1)CC2. The lowest BCUT2D eigenvalue weighted by molar-refractivity contribution is 0.0984. The number of nitrogen functional groups attached to an aromatic ring is 1. The van der Waals surface area contributed by atoms with Crippen molar-refractivity contribution >= 4 is 33.2 Å². The minimum atomic E-state index is -0.107. The lowest BCUT2D eigenvalue weighted by atomic mass is 10.1. The highest BCUT2D eigenvalue weighted by Crippen LogP contribution is 2.34. The Labute approximate surface area is 119 Å². The molecule has 0 saturated carbocycles.